The van der Waals surface area contributed by atoms with Crippen LogP contribution < -0.4 is 15.0 Å². The van der Waals surface area contributed by atoms with Gasteiger partial charge in [0.25, 0.3) is 5.91 Å². The third kappa shape index (κ3) is 5.77. The van der Waals surface area contributed by atoms with Gasteiger partial charge in [0, 0.05) is 36.8 Å². The Morgan fingerprint density at radius 1 is 1.14 bits per heavy atom. The number of benzene rings is 1. The Bertz CT molecular complexity index is 919. The lowest BCUT2D eigenvalue weighted by atomic mass is 10.2. The van der Waals surface area contributed by atoms with Gasteiger partial charge >= 0.3 is 0 Å². The summed E-state index contributed by atoms with van der Waals surface area (Å²) in [6.07, 6.45) is 1.81. The number of pyridine rings is 1. The van der Waals surface area contributed by atoms with E-state index in [0.717, 1.165) is 35.2 Å². The quantitative estimate of drug-likeness (QED) is 0.573. The number of rotatable bonds is 9. The zero-order chi connectivity index (χ0) is 20.6. The van der Waals surface area contributed by atoms with E-state index in [-0.39, 0.29) is 5.91 Å². The molecule has 0 unspecified atom stereocenters. The van der Waals surface area contributed by atoms with E-state index in [4.69, 9.17) is 4.74 Å². The number of anilines is 1. The molecule has 2 heterocycles. The molecule has 0 aliphatic heterocycles. The summed E-state index contributed by atoms with van der Waals surface area (Å²) in [6.45, 7) is 8.88. The third-order valence-corrected chi connectivity index (χ3v) is 5.34. The highest BCUT2D eigenvalue weighted by Crippen LogP contribution is 2.16. The highest BCUT2D eigenvalue weighted by Gasteiger charge is 2.08. The summed E-state index contributed by atoms with van der Waals surface area (Å²) in [7, 11) is 0. The van der Waals surface area contributed by atoms with E-state index in [0.29, 0.717) is 24.5 Å². The smallest absolute Gasteiger partial charge is 0.251 e. The minimum Gasteiger partial charge on any atom is -0.487 e. The number of aromatic nitrogens is 2. The van der Waals surface area contributed by atoms with E-state index in [1.54, 1.807) is 35.6 Å². The fraction of sp³-hybridized carbons (Fsp3) is 0.318. The van der Waals surface area contributed by atoms with Crippen molar-refractivity contribution in [3.8, 4) is 5.75 Å². The summed E-state index contributed by atoms with van der Waals surface area (Å²) < 4.78 is 5.72. The van der Waals surface area contributed by atoms with Crippen LogP contribution in [0.2, 0.25) is 0 Å². The van der Waals surface area contributed by atoms with Crippen molar-refractivity contribution in [2.24, 2.45) is 0 Å². The lowest BCUT2D eigenvalue weighted by molar-refractivity contribution is 0.0951. The maximum absolute atomic E-state index is 12.4. The van der Waals surface area contributed by atoms with Crippen molar-refractivity contribution in [1.82, 2.24) is 15.3 Å². The Morgan fingerprint density at radius 3 is 2.48 bits per heavy atom. The van der Waals surface area contributed by atoms with Crippen LogP contribution in [-0.2, 0) is 13.2 Å². The molecule has 3 aromatic rings. The fourth-order valence-corrected chi connectivity index (χ4v) is 3.47. The van der Waals surface area contributed by atoms with E-state index < -0.39 is 0 Å². The second-order valence-electron chi connectivity index (χ2n) is 6.55. The number of carbonyl (C=O) groups excluding carboxylic acids is 1. The number of hydrogen-bond donors (Lipinski definition) is 1. The highest BCUT2D eigenvalue weighted by molar-refractivity contribution is 7.09. The molecular formula is C22H26N4O2S. The predicted molar refractivity (Wildman–Crippen MR) is 117 cm³/mol. The molecule has 0 atom stereocenters. The average molecular weight is 411 g/mol. The second kappa shape index (κ2) is 10.0. The zero-order valence-corrected chi connectivity index (χ0v) is 17.8. The van der Waals surface area contributed by atoms with Crippen LogP contribution in [0.3, 0.4) is 0 Å². The first kappa shape index (κ1) is 20.8. The second-order valence-corrected chi connectivity index (χ2v) is 7.61. The number of thiazole rings is 1. The molecular weight excluding hydrogens is 384 g/mol. The lowest BCUT2D eigenvalue weighted by Crippen LogP contribution is -2.24. The van der Waals surface area contributed by atoms with Gasteiger partial charge in [-0.05, 0) is 56.7 Å². The summed E-state index contributed by atoms with van der Waals surface area (Å²) in [4.78, 5) is 23.4. The van der Waals surface area contributed by atoms with Gasteiger partial charge in [-0.3, -0.25) is 4.79 Å². The van der Waals surface area contributed by atoms with E-state index >= 15 is 0 Å². The van der Waals surface area contributed by atoms with Crippen molar-refractivity contribution in [1.29, 1.82) is 0 Å². The van der Waals surface area contributed by atoms with Crippen molar-refractivity contribution in [3.63, 3.8) is 0 Å². The first-order valence-corrected chi connectivity index (χ1v) is 10.6. The van der Waals surface area contributed by atoms with Crippen LogP contribution in [0.25, 0.3) is 0 Å². The summed E-state index contributed by atoms with van der Waals surface area (Å²) >= 11 is 1.60. The number of nitrogens with zero attached hydrogens (tertiary/aromatic N) is 3. The molecule has 0 aliphatic rings. The van der Waals surface area contributed by atoms with Gasteiger partial charge in [0.1, 0.15) is 18.2 Å². The van der Waals surface area contributed by atoms with Gasteiger partial charge in [0.15, 0.2) is 0 Å². The van der Waals surface area contributed by atoms with Crippen molar-refractivity contribution < 1.29 is 9.53 Å². The average Bonchev–Trinajstić information content (AvgIpc) is 3.18. The van der Waals surface area contributed by atoms with Crippen molar-refractivity contribution in [2.45, 2.75) is 33.9 Å². The topological polar surface area (TPSA) is 67.4 Å². The molecule has 6 nitrogen and oxygen atoms in total. The summed E-state index contributed by atoms with van der Waals surface area (Å²) in [5.41, 5.74) is 2.47. The number of carbonyl (C=O) groups is 1. The van der Waals surface area contributed by atoms with E-state index in [1.807, 2.05) is 30.6 Å². The molecule has 0 aliphatic carbocycles. The Labute approximate surface area is 175 Å². The normalized spacial score (nSPS) is 10.6. The van der Waals surface area contributed by atoms with Gasteiger partial charge in [0.2, 0.25) is 0 Å². The van der Waals surface area contributed by atoms with E-state index in [2.05, 4.69) is 34.0 Å². The summed E-state index contributed by atoms with van der Waals surface area (Å²) in [6, 6.07) is 11.1. The van der Waals surface area contributed by atoms with Crippen LogP contribution in [0.1, 0.15) is 40.5 Å². The van der Waals surface area contributed by atoms with Gasteiger partial charge in [-0.2, -0.15) is 0 Å². The van der Waals surface area contributed by atoms with Gasteiger partial charge in [0.05, 0.1) is 10.7 Å². The van der Waals surface area contributed by atoms with Crippen LogP contribution in [0.4, 0.5) is 5.82 Å². The Morgan fingerprint density at radius 2 is 1.90 bits per heavy atom. The molecule has 1 aromatic carbocycles. The lowest BCUT2D eigenvalue weighted by Gasteiger charge is -2.19. The van der Waals surface area contributed by atoms with Crippen LogP contribution in [0.5, 0.6) is 5.75 Å². The number of nitrogens with one attached hydrogen (secondary N) is 1. The van der Waals surface area contributed by atoms with Crippen LogP contribution >= 0.6 is 11.3 Å². The minimum atomic E-state index is -0.125. The van der Waals surface area contributed by atoms with Gasteiger partial charge in [-0.15, -0.1) is 11.3 Å². The molecule has 1 amide bonds. The largest absolute Gasteiger partial charge is 0.487 e. The molecule has 7 heteroatoms. The SMILES string of the molecule is CCN(CC)c1ccc(CNC(=O)c2ccc(OCc3csc(C)n3)cc2)cn1. The molecule has 29 heavy (non-hydrogen) atoms. The minimum absolute atomic E-state index is 0.125. The zero-order valence-electron chi connectivity index (χ0n) is 17.0. The Kier molecular flexibility index (Phi) is 7.19. The molecule has 0 bridgehead atoms. The third-order valence-electron chi connectivity index (χ3n) is 4.52. The Balaban J connectivity index is 1.50. The monoisotopic (exact) mass is 410 g/mol. The van der Waals surface area contributed by atoms with Crippen molar-refractivity contribution >= 4 is 23.1 Å². The van der Waals surface area contributed by atoms with Crippen LogP contribution in [0, 0.1) is 6.92 Å². The molecule has 1 N–H and O–H groups in total. The van der Waals surface area contributed by atoms with Gasteiger partial charge in [-0.25, -0.2) is 9.97 Å². The molecule has 2 aromatic heterocycles. The molecule has 0 spiro atoms. The number of hydrogen-bond acceptors (Lipinski definition) is 6. The highest BCUT2D eigenvalue weighted by atomic mass is 32.1. The first-order chi connectivity index (χ1) is 14.1. The standard InChI is InChI=1S/C22H26N4O2S/c1-4-26(5-2)21-11-6-17(12-23-21)13-24-22(27)18-7-9-20(10-8-18)28-14-19-15-29-16(3)25-19/h6-12,15H,4-5,13-14H2,1-3H3,(H,24,27). The van der Waals surface area contributed by atoms with Gasteiger partial charge < -0.3 is 15.0 Å². The van der Waals surface area contributed by atoms with Crippen molar-refractivity contribution in [3.05, 3.63) is 69.8 Å². The molecule has 0 radical (unpaired) electrons. The molecule has 152 valence electrons. The maximum atomic E-state index is 12.4. The fourth-order valence-electron chi connectivity index (χ4n) is 2.87. The van der Waals surface area contributed by atoms with Crippen LogP contribution in [0.15, 0.2) is 48.0 Å². The van der Waals surface area contributed by atoms with Crippen molar-refractivity contribution in [2.75, 3.05) is 18.0 Å². The number of amides is 1. The number of ether oxygens (including phenoxy) is 1. The summed E-state index contributed by atoms with van der Waals surface area (Å²) in [5.74, 6) is 1.54. The van der Waals surface area contributed by atoms with E-state index in [9.17, 15) is 4.79 Å². The Hall–Kier alpha value is -2.93. The molecule has 0 fully saturated rings. The van der Waals surface area contributed by atoms with E-state index in [1.165, 1.54) is 0 Å². The number of aryl methyl sites for hydroxylation is 1. The maximum Gasteiger partial charge on any atom is 0.251 e. The molecule has 0 saturated carbocycles. The van der Waals surface area contributed by atoms with Gasteiger partial charge in [-0.1, -0.05) is 6.07 Å². The molecule has 3 rings (SSSR count). The van der Waals surface area contributed by atoms with Crippen LogP contribution in [-0.4, -0.2) is 29.0 Å². The first-order valence-electron chi connectivity index (χ1n) is 9.71. The molecule has 0 saturated heterocycles. The summed E-state index contributed by atoms with van der Waals surface area (Å²) in [5, 5.41) is 5.94. The predicted octanol–water partition coefficient (Wildman–Crippen LogP) is 4.20.